The topological polar surface area (TPSA) is 98.7 Å². The predicted octanol–water partition coefficient (Wildman–Crippen LogP) is 4.51. The van der Waals surface area contributed by atoms with E-state index in [4.69, 9.17) is 23.2 Å². The molecule has 6 nitrogen and oxygen atoms in total. The highest BCUT2D eigenvalue weighted by Crippen LogP contribution is 2.33. The molecule has 0 aliphatic rings. The molecule has 0 bridgehead atoms. The summed E-state index contributed by atoms with van der Waals surface area (Å²) in [6.07, 6.45) is 4.34. The number of benzene rings is 2. The van der Waals surface area contributed by atoms with Crippen molar-refractivity contribution in [2.45, 2.75) is 25.3 Å². The lowest BCUT2D eigenvalue weighted by Gasteiger charge is -2.17. The second-order valence-corrected chi connectivity index (χ2v) is 11.1. The Kier molecular flexibility index (Phi) is 11.1. The maximum Gasteiger partial charge on any atom is 0.326 e. The predicted molar refractivity (Wildman–Crippen MR) is 135 cm³/mol. The van der Waals surface area contributed by atoms with E-state index in [2.05, 4.69) is 16.7 Å². The second kappa shape index (κ2) is 13.3. The molecule has 2 rings (SSSR count). The van der Waals surface area contributed by atoms with Crippen molar-refractivity contribution in [1.82, 2.24) is 10.0 Å². The number of hydrogen-bond donors (Lipinski definition) is 4. The van der Waals surface area contributed by atoms with E-state index < -0.39 is 25.8 Å². The van der Waals surface area contributed by atoms with Gasteiger partial charge in [-0.05, 0) is 73.5 Å². The van der Waals surface area contributed by atoms with E-state index in [0.717, 1.165) is 17.0 Å². The zero-order valence-electron chi connectivity index (χ0n) is 17.9. The van der Waals surface area contributed by atoms with Gasteiger partial charge in [0.25, 0.3) is 5.91 Å². The molecule has 0 fully saturated rings. The van der Waals surface area contributed by atoms with Gasteiger partial charge in [0.1, 0.15) is 11.8 Å². The molecule has 2 unspecified atom stereocenters. The number of hydrogen-bond acceptors (Lipinski definition) is 5. The number of carboxylic acids is 1. The summed E-state index contributed by atoms with van der Waals surface area (Å²) in [5, 5.41) is 23.1. The van der Waals surface area contributed by atoms with E-state index in [1.54, 1.807) is 24.3 Å². The molecule has 4 N–H and O–H groups in total. The molecule has 10 heteroatoms. The molecule has 0 heterocycles. The van der Waals surface area contributed by atoms with Crippen LogP contribution in [-0.2, 0) is 11.2 Å². The number of phenolic OH excluding ortho intramolecular Hbond substituents is 1. The minimum Gasteiger partial charge on any atom is -0.508 e. The van der Waals surface area contributed by atoms with Crippen LogP contribution >= 0.6 is 43.1 Å². The van der Waals surface area contributed by atoms with Gasteiger partial charge in [-0.1, -0.05) is 55.2 Å². The molecule has 2 aromatic carbocycles. The van der Waals surface area contributed by atoms with Crippen molar-refractivity contribution in [3.8, 4) is 5.75 Å². The van der Waals surface area contributed by atoms with E-state index in [9.17, 15) is 19.8 Å². The molecule has 2 aromatic rings. The van der Waals surface area contributed by atoms with E-state index in [1.807, 2.05) is 18.4 Å². The monoisotopic (exact) mass is 516 g/mol. The zero-order valence-corrected chi connectivity index (χ0v) is 21.1. The molecular weight excluding hydrogens is 490 g/mol. The zero-order chi connectivity index (χ0) is 23.7. The Labute approximate surface area is 204 Å². The first-order chi connectivity index (χ1) is 15.2. The van der Waals surface area contributed by atoms with Gasteiger partial charge in [-0.25, -0.2) is 4.79 Å². The number of phenols is 1. The van der Waals surface area contributed by atoms with E-state index in [-0.39, 0.29) is 27.8 Å². The molecule has 0 spiro atoms. The molecule has 0 radical (unpaired) electrons. The molecule has 0 aliphatic heterocycles. The molecule has 0 aromatic heterocycles. The van der Waals surface area contributed by atoms with Crippen molar-refractivity contribution in [2.75, 3.05) is 25.6 Å². The second-order valence-electron chi connectivity index (χ2n) is 7.23. The van der Waals surface area contributed by atoms with Crippen LogP contribution in [0.25, 0.3) is 0 Å². The van der Waals surface area contributed by atoms with Crippen molar-refractivity contribution in [3.63, 3.8) is 0 Å². The molecule has 0 aliphatic carbocycles. The number of carbonyl (C=O) groups excluding carboxylic acids is 1. The fourth-order valence-corrected chi connectivity index (χ4v) is 5.71. The van der Waals surface area contributed by atoms with Crippen LogP contribution in [-0.4, -0.2) is 53.8 Å². The molecule has 0 saturated heterocycles. The van der Waals surface area contributed by atoms with Crippen molar-refractivity contribution < 1.29 is 19.8 Å². The third-order valence-electron chi connectivity index (χ3n) is 4.85. The maximum atomic E-state index is 12.7. The molecule has 174 valence electrons. The third-order valence-corrected chi connectivity index (χ3v) is 8.00. The highest BCUT2D eigenvalue weighted by atomic mass is 35.5. The lowest BCUT2D eigenvalue weighted by Crippen LogP contribution is -2.41. The number of amides is 1. The summed E-state index contributed by atoms with van der Waals surface area (Å²) in [7, 11) is -0.480. The SMILES string of the molecule is CSNCCCC(NC(=O)c1c(Cl)cc(CCP(C)c2cccc(O)c2)cc1Cl)C(=O)O. The first-order valence-electron chi connectivity index (χ1n) is 10.0. The Morgan fingerprint density at radius 1 is 1.19 bits per heavy atom. The summed E-state index contributed by atoms with van der Waals surface area (Å²) in [6, 6.07) is 9.62. The van der Waals surface area contributed by atoms with Crippen LogP contribution in [0, 0.1) is 0 Å². The normalized spacial score (nSPS) is 12.9. The van der Waals surface area contributed by atoms with Crippen LogP contribution in [0.15, 0.2) is 36.4 Å². The standard InChI is InChI=1S/C22H27Cl2N2O4PS/c1-31(16-6-3-5-15(27)13-16)10-8-14-11-17(23)20(18(24)12-14)21(28)26-19(22(29)30)7-4-9-25-32-2/h3,5-6,11-13,19,25,27H,4,7-10H2,1-2H3,(H,26,28)(H,29,30). The summed E-state index contributed by atoms with van der Waals surface area (Å²) < 4.78 is 3.04. The molecule has 0 saturated carbocycles. The van der Waals surface area contributed by atoms with Gasteiger partial charge < -0.3 is 15.5 Å². The number of aromatic hydroxyl groups is 1. The Bertz CT molecular complexity index is 925. The van der Waals surface area contributed by atoms with Gasteiger partial charge in [-0.15, -0.1) is 0 Å². The summed E-state index contributed by atoms with van der Waals surface area (Å²) in [5.41, 5.74) is 0.973. The number of carboxylic acid groups (broad SMARTS) is 1. The Balaban J connectivity index is 2.04. The summed E-state index contributed by atoms with van der Waals surface area (Å²) in [6.45, 7) is 2.77. The van der Waals surface area contributed by atoms with E-state index in [1.165, 1.54) is 11.9 Å². The van der Waals surface area contributed by atoms with Crippen LogP contribution in [0.5, 0.6) is 5.75 Å². The largest absolute Gasteiger partial charge is 0.508 e. The average Bonchev–Trinajstić information content (AvgIpc) is 2.73. The van der Waals surface area contributed by atoms with Crippen LogP contribution in [0.4, 0.5) is 0 Å². The van der Waals surface area contributed by atoms with Gasteiger partial charge >= 0.3 is 5.97 Å². The smallest absolute Gasteiger partial charge is 0.326 e. The van der Waals surface area contributed by atoms with Gasteiger partial charge in [-0.2, -0.15) is 0 Å². The van der Waals surface area contributed by atoms with E-state index >= 15 is 0 Å². The van der Waals surface area contributed by atoms with Crippen molar-refractivity contribution in [3.05, 3.63) is 57.6 Å². The maximum absolute atomic E-state index is 12.7. The lowest BCUT2D eigenvalue weighted by molar-refractivity contribution is -0.139. The molecule has 2 atom stereocenters. The minimum atomic E-state index is -1.10. The van der Waals surface area contributed by atoms with E-state index in [0.29, 0.717) is 19.4 Å². The van der Waals surface area contributed by atoms with Gasteiger partial charge in [-0.3, -0.25) is 9.52 Å². The Morgan fingerprint density at radius 3 is 2.47 bits per heavy atom. The number of aliphatic carboxylic acids is 1. The van der Waals surface area contributed by atoms with Crippen molar-refractivity contribution >= 4 is 60.3 Å². The number of rotatable bonds is 12. The minimum absolute atomic E-state index is 0.0808. The average molecular weight is 517 g/mol. The fraction of sp³-hybridized carbons (Fsp3) is 0.364. The van der Waals surface area contributed by atoms with Crippen LogP contribution < -0.4 is 15.3 Å². The van der Waals surface area contributed by atoms with Crippen LogP contribution in [0.3, 0.4) is 0 Å². The third kappa shape index (κ3) is 8.13. The molecule has 32 heavy (non-hydrogen) atoms. The molecule has 1 amide bonds. The van der Waals surface area contributed by atoms with Crippen molar-refractivity contribution in [1.29, 1.82) is 0 Å². The summed E-state index contributed by atoms with van der Waals surface area (Å²) in [4.78, 5) is 24.2. The van der Waals surface area contributed by atoms with Gasteiger partial charge in [0, 0.05) is 6.54 Å². The highest BCUT2D eigenvalue weighted by Gasteiger charge is 2.23. The number of carbonyl (C=O) groups is 2. The van der Waals surface area contributed by atoms with Crippen molar-refractivity contribution in [2.24, 2.45) is 0 Å². The summed E-state index contributed by atoms with van der Waals surface area (Å²) in [5.74, 6) is -1.46. The number of aryl methyl sites for hydroxylation is 1. The van der Waals surface area contributed by atoms with Gasteiger partial charge in [0.2, 0.25) is 0 Å². The lowest BCUT2D eigenvalue weighted by atomic mass is 10.1. The molecular formula is C22H27Cl2N2O4PS. The first-order valence-corrected chi connectivity index (χ1v) is 14.0. The van der Waals surface area contributed by atoms with Crippen LogP contribution in [0.1, 0.15) is 28.8 Å². The first kappa shape index (κ1) is 26.7. The van der Waals surface area contributed by atoms with Crippen LogP contribution in [0.2, 0.25) is 10.0 Å². The van der Waals surface area contributed by atoms with Gasteiger partial charge in [0.05, 0.1) is 15.6 Å². The summed E-state index contributed by atoms with van der Waals surface area (Å²) >= 11 is 14.2. The number of halogens is 2. The van der Waals surface area contributed by atoms with Gasteiger partial charge in [0.15, 0.2) is 0 Å². The fourth-order valence-electron chi connectivity index (χ4n) is 3.11. The number of nitrogens with one attached hydrogen (secondary N) is 2. The Morgan fingerprint density at radius 2 is 1.88 bits per heavy atom. The Hall–Kier alpha value is -1.50. The highest BCUT2D eigenvalue weighted by molar-refractivity contribution is 7.96. The quantitative estimate of drug-likeness (QED) is 0.188.